The second-order valence-corrected chi connectivity index (χ2v) is 3.67. The van der Waals surface area contributed by atoms with Crippen LogP contribution in [0.4, 0.5) is 0 Å². The lowest BCUT2D eigenvalue weighted by Gasteiger charge is -2.22. The van der Waals surface area contributed by atoms with Crippen molar-refractivity contribution in [3.8, 4) is 0 Å². The standard InChI is InChI=1S/C10H19NO2/c1-2-3-6-10(13)11-7-4-5-9(11)8-12/h9,12H,2-8H2,1H3/t9-/m1/s1. The number of nitrogens with zero attached hydrogens (tertiary/aromatic N) is 1. The van der Waals surface area contributed by atoms with Crippen molar-refractivity contribution in [1.82, 2.24) is 4.90 Å². The van der Waals surface area contributed by atoms with Gasteiger partial charge in [0.05, 0.1) is 12.6 Å². The molecule has 0 aliphatic carbocycles. The van der Waals surface area contributed by atoms with Crippen LogP contribution in [-0.2, 0) is 4.79 Å². The average Bonchev–Trinajstić information content (AvgIpc) is 2.61. The summed E-state index contributed by atoms with van der Waals surface area (Å²) in [5.74, 6) is 0.221. The molecule has 0 unspecified atom stereocenters. The van der Waals surface area contributed by atoms with E-state index < -0.39 is 0 Å². The zero-order chi connectivity index (χ0) is 9.68. The second-order valence-electron chi connectivity index (χ2n) is 3.67. The highest BCUT2D eigenvalue weighted by Gasteiger charge is 2.26. The Morgan fingerprint density at radius 2 is 2.38 bits per heavy atom. The van der Waals surface area contributed by atoms with Crippen molar-refractivity contribution < 1.29 is 9.90 Å². The Balaban J connectivity index is 2.36. The van der Waals surface area contributed by atoms with Crippen molar-refractivity contribution in [2.24, 2.45) is 0 Å². The van der Waals surface area contributed by atoms with Gasteiger partial charge in [0, 0.05) is 13.0 Å². The van der Waals surface area contributed by atoms with E-state index in [-0.39, 0.29) is 18.6 Å². The van der Waals surface area contributed by atoms with Crippen LogP contribution in [0.15, 0.2) is 0 Å². The maximum atomic E-state index is 11.6. The van der Waals surface area contributed by atoms with Crippen LogP contribution in [0.2, 0.25) is 0 Å². The van der Waals surface area contributed by atoms with Crippen molar-refractivity contribution in [2.75, 3.05) is 13.2 Å². The van der Waals surface area contributed by atoms with E-state index in [0.29, 0.717) is 6.42 Å². The molecule has 0 aromatic heterocycles. The molecule has 0 aromatic carbocycles. The molecule has 0 saturated carbocycles. The van der Waals surface area contributed by atoms with Crippen LogP contribution in [0.25, 0.3) is 0 Å². The number of carbonyl (C=O) groups is 1. The van der Waals surface area contributed by atoms with Gasteiger partial charge in [-0.05, 0) is 19.3 Å². The van der Waals surface area contributed by atoms with E-state index in [2.05, 4.69) is 6.92 Å². The van der Waals surface area contributed by atoms with Crippen LogP contribution in [0.1, 0.15) is 39.0 Å². The number of aliphatic hydroxyl groups is 1. The molecule has 1 saturated heterocycles. The Bertz CT molecular complexity index is 170. The molecule has 0 aromatic rings. The molecule has 0 bridgehead atoms. The minimum absolute atomic E-state index is 0.101. The Kier molecular flexibility index (Phi) is 4.22. The highest BCUT2D eigenvalue weighted by molar-refractivity contribution is 5.76. The lowest BCUT2D eigenvalue weighted by Crippen LogP contribution is -2.37. The number of hydrogen-bond acceptors (Lipinski definition) is 2. The number of aliphatic hydroxyl groups excluding tert-OH is 1. The molecule has 3 nitrogen and oxygen atoms in total. The largest absolute Gasteiger partial charge is 0.394 e. The summed E-state index contributed by atoms with van der Waals surface area (Å²) in [6.45, 7) is 3.05. The van der Waals surface area contributed by atoms with Gasteiger partial charge in [0.15, 0.2) is 0 Å². The highest BCUT2D eigenvalue weighted by Crippen LogP contribution is 2.18. The van der Waals surface area contributed by atoms with Crippen LogP contribution < -0.4 is 0 Å². The van der Waals surface area contributed by atoms with Crippen molar-refractivity contribution >= 4 is 5.91 Å². The molecule has 3 heteroatoms. The molecule has 0 radical (unpaired) electrons. The molecular weight excluding hydrogens is 166 g/mol. The van der Waals surface area contributed by atoms with E-state index in [9.17, 15) is 4.79 Å². The van der Waals surface area contributed by atoms with Gasteiger partial charge in [0.1, 0.15) is 0 Å². The van der Waals surface area contributed by atoms with Crippen molar-refractivity contribution in [2.45, 2.75) is 45.1 Å². The zero-order valence-electron chi connectivity index (χ0n) is 8.33. The van der Waals surface area contributed by atoms with Crippen LogP contribution >= 0.6 is 0 Å². The highest BCUT2D eigenvalue weighted by atomic mass is 16.3. The molecule has 1 N–H and O–H groups in total. The summed E-state index contributed by atoms with van der Waals surface area (Å²) in [7, 11) is 0. The lowest BCUT2D eigenvalue weighted by molar-refractivity contribution is -0.132. The Labute approximate surface area is 79.7 Å². The predicted octanol–water partition coefficient (Wildman–Crippen LogP) is 1.16. The van der Waals surface area contributed by atoms with Gasteiger partial charge >= 0.3 is 0 Å². The summed E-state index contributed by atoms with van der Waals surface area (Å²) < 4.78 is 0. The van der Waals surface area contributed by atoms with Crippen LogP contribution in [-0.4, -0.2) is 35.1 Å². The third-order valence-electron chi connectivity index (χ3n) is 2.65. The van der Waals surface area contributed by atoms with Gasteiger partial charge in [-0.2, -0.15) is 0 Å². The lowest BCUT2D eigenvalue weighted by atomic mass is 10.2. The van der Waals surface area contributed by atoms with E-state index in [4.69, 9.17) is 5.11 Å². The fraction of sp³-hybridized carbons (Fsp3) is 0.900. The summed E-state index contributed by atoms with van der Waals surface area (Å²) in [6, 6.07) is 0.101. The zero-order valence-corrected chi connectivity index (χ0v) is 8.33. The summed E-state index contributed by atoms with van der Waals surface area (Å²) >= 11 is 0. The third kappa shape index (κ3) is 2.69. The predicted molar refractivity (Wildman–Crippen MR) is 51.3 cm³/mol. The molecule has 13 heavy (non-hydrogen) atoms. The molecule has 0 spiro atoms. The first-order chi connectivity index (χ1) is 6.29. The van der Waals surface area contributed by atoms with E-state index in [1.165, 1.54) is 0 Å². The first-order valence-electron chi connectivity index (χ1n) is 5.20. The summed E-state index contributed by atoms with van der Waals surface area (Å²) in [4.78, 5) is 13.4. The summed E-state index contributed by atoms with van der Waals surface area (Å²) in [5.41, 5.74) is 0. The third-order valence-corrected chi connectivity index (χ3v) is 2.65. The Morgan fingerprint density at radius 1 is 1.62 bits per heavy atom. The fourth-order valence-electron chi connectivity index (χ4n) is 1.83. The van der Waals surface area contributed by atoms with Crippen molar-refractivity contribution in [3.63, 3.8) is 0 Å². The quantitative estimate of drug-likeness (QED) is 0.714. The molecule has 1 aliphatic rings. The molecule has 1 amide bonds. The summed E-state index contributed by atoms with van der Waals surface area (Å²) in [6.07, 6.45) is 4.68. The van der Waals surface area contributed by atoms with Crippen LogP contribution in [0, 0.1) is 0 Å². The van der Waals surface area contributed by atoms with Gasteiger partial charge in [0.2, 0.25) is 5.91 Å². The van der Waals surface area contributed by atoms with Crippen molar-refractivity contribution in [3.05, 3.63) is 0 Å². The van der Waals surface area contributed by atoms with E-state index in [0.717, 1.165) is 32.2 Å². The number of hydrogen-bond donors (Lipinski definition) is 1. The SMILES string of the molecule is CCCCC(=O)N1CCC[C@@H]1CO. The minimum Gasteiger partial charge on any atom is -0.394 e. The number of carbonyl (C=O) groups excluding carboxylic acids is 1. The number of unbranched alkanes of at least 4 members (excludes halogenated alkanes) is 1. The topological polar surface area (TPSA) is 40.5 Å². The van der Waals surface area contributed by atoms with Gasteiger partial charge in [-0.1, -0.05) is 13.3 Å². The van der Waals surface area contributed by atoms with Crippen LogP contribution in [0.5, 0.6) is 0 Å². The number of rotatable bonds is 4. The maximum absolute atomic E-state index is 11.6. The molecule has 1 atom stereocenters. The fourth-order valence-corrected chi connectivity index (χ4v) is 1.83. The molecule has 1 aliphatic heterocycles. The van der Waals surface area contributed by atoms with E-state index in [1.807, 2.05) is 4.90 Å². The van der Waals surface area contributed by atoms with Crippen LogP contribution in [0.3, 0.4) is 0 Å². The number of amides is 1. The second kappa shape index (κ2) is 5.22. The monoisotopic (exact) mass is 185 g/mol. The van der Waals surface area contributed by atoms with Gasteiger partial charge in [-0.3, -0.25) is 4.79 Å². The maximum Gasteiger partial charge on any atom is 0.222 e. The number of likely N-dealkylation sites (tertiary alicyclic amines) is 1. The smallest absolute Gasteiger partial charge is 0.222 e. The normalized spacial score (nSPS) is 22.3. The average molecular weight is 185 g/mol. The van der Waals surface area contributed by atoms with Gasteiger partial charge < -0.3 is 10.0 Å². The Hall–Kier alpha value is -0.570. The van der Waals surface area contributed by atoms with Gasteiger partial charge in [-0.25, -0.2) is 0 Å². The first kappa shape index (κ1) is 10.5. The van der Waals surface area contributed by atoms with Crippen molar-refractivity contribution in [1.29, 1.82) is 0 Å². The van der Waals surface area contributed by atoms with E-state index in [1.54, 1.807) is 0 Å². The molecular formula is C10H19NO2. The van der Waals surface area contributed by atoms with E-state index >= 15 is 0 Å². The minimum atomic E-state index is 0.101. The molecule has 1 fully saturated rings. The van der Waals surface area contributed by atoms with Gasteiger partial charge in [0.25, 0.3) is 0 Å². The molecule has 1 rings (SSSR count). The van der Waals surface area contributed by atoms with Gasteiger partial charge in [-0.15, -0.1) is 0 Å². The molecule has 1 heterocycles. The summed E-state index contributed by atoms with van der Waals surface area (Å²) in [5, 5.41) is 9.02. The molecule has 76 valence electrons. The first-order valence-corrected chi connectivity index (χ1v) is 5.20. The Morgan fingerprint density at radius 3 is 3.00 bits per heavy atom.